The third-order valence-corrected chi connectivity index (χ3v) is 3.02. The van der Waals surface area contributed by atoms with Crippen LogP contribution in [0.15, 0.2) is 18.2 Å². The van der Waals surface area contributed by atoms with E-state index in [0.29, 0.717) is 5.82 Å². The maximum atomic E-state index is 5.92. The zero-order valence-electron chi connectivity index (χ0n) is 9.73. The lowest BCUT2D eigenvalue weighted by atomic mass is 10.1. The van der Waals surface area contributed by atoms with Crippen molar-refractivity contribution in [3.05, 3.63) is 23.9 Å². The number of hydrogen-bond donors (Lipinski definition) is 1. The van der Waals surface area contributed by atoms with E-state index >= 15 is 0 Å². The molecular formula is C12H13N3O2. The van der Waals surface area contributed by atoms with Gasteiger partial charge in [0.05, 0.1) is 0 Å². The number of rotatable bonds is 1. The molecule has 1 aliphatic rings. The van der Waals surface area contributed by atoms with E-state index in [0.717, 1.165) is 28.3 Å². The summed E-state index contributed by atoms with van der Waals surface area (Å²) in [6, 6.07) is 5.79. The SMILES string of the molecule is Cc1c(-c2ccc3c(c2)OCO3)c(N)nn1C. The lowest BCUT2D eigenvalue weighted by Gasteiger charge is -2.03. The molecule has 0 spiro atoms. The molecule has 88 valence electrons. The number of aromatic nitrogens is 2. The molecule has 0 amide bonds. The number of fused-ring (bicyclic) bond motifs is 1. The second kappa shape index (κ2) is 3.41. The maximum Gasteiger partial charge on any atom is 0.231 e. The molecule has 1 aliphatic heterocycles. The van der Waals surface area contributed by atoms with E-state index < -0.39 is 0 Å². The lowest BCUT2D eigenvalue weighted by Crippen LogP contribution is -1.93. The third-order valence-electron chi connectivity index (χ3n) is 3.02. The van der Waals surface area contributed by atoms with Gasteiger partial charge in [0.15, 0.2) is 17.3 Å². The predicted molar refractivity (Wildman–Crippen MR) is 63.9 cm³/mol. The quantitative estimate of drug-likeness (QED) is 0.811. The summed E-state index contributed by atoms with van der Waals surface area (Å²) in [7, 11) is 1.88. The Hall–Kier alpha value is -2.17. The minimum absolute atomic E-state index is 0.278. The van der Waals surface area contributed by atoms with Gasteiger partial charge in [-0.1, -0.05) is 6.07 Å². The zero-order valence-corrected chi connectivity index (χ0v) is 9.73. The predicted octanol–water partition coefficient (Wildman–Crippen LogP) is 1.71. The smallest absolute Gasteiger partial charge is 0.231 e. The maximum absolute atomic E-state index is 5.92. The van der Waals surface area contributed by atoms with Gasteiger partial charge >= 0.3 is 0 Å². The molecule has 5 heteroatoms. The number of benzene rings is 1. The van der Waals surface area contributed by atoms with Crippen LogP contribution in [0.2, 0.25) is 0 Å². The Bertz CT molecular complexity index is 590. The first-order valence-electron chi connectivity index (χ1n) is 5.36. The Kier molecular flexibility index (Phi) is 2.01. The van der Waals surface area contributed by atoms with Crippen molar-refractivity contribution in [2.24, 2.45) is 7.05 Å². The van der Waals surface area contributed by atoms with E-state index in [-0.39, 0.29) is 6.79 Å². The molecule has 0 aliphatic carbocycles. The molecule has 2 N–H and O–H groups in total. The van der Waals surface area contributed by atoms with Crippen LogP contribution < -0.4 is 15.2 Å². The number of nitrogens with two attached hydrogens (primary N) is 1. The van der Waals surface area contributed by atoms with Gasteiger partial charge in [0.2, 0.25) is 6.79 Å². The fraction of sp³-hybridized carbons (Fsp3) is 0.250. The highest BCUT2D eigenvalue weighted by Crippen LogP contribution is 2.38. The second-order valence-corrected chi connectivity index (χ2v) is 4.04. The molecule has 0 radical (unpaired) electrons. The van der Waals surface area contributed by atoms with Crippen molar-refractivity contribution in [1.82, 2.24) is 9.78 Å². The number of anilines is 1. The molecule has 1 aromatic carbocycles. The molecule has 2 heterocycles. The summed E-state index contributed by atoms with van der Waals surface area (Å²) in [5.41, 5.74) is 8.89. The summed E-state index contributed by atoms with van der Waals surface area (Å²) in [6.07, 6.45) is 0. The number of nitrogen functional groups attached to an aromatic ring is 1. The van der Waals surface area contributed by atoms with Crippen molar-refractivity contribution in [3.8, 4) is 22.6 Å². The fourth-order valence-corrected chi connectivity index (χ4v) is 2.04. The third kappa shape index (κ3) is 1.43. The minimum Gasteiger partial charge on any atom is -0.454 e. The molecule has 0 bridgehead atoms. The van der Waals surface area contributed by atoms with Crippen LogP contribution >= 0.6 is 0 Å². The van der Waals surface area contributed by atoms with Crippen LogP contribution in [0.3, 0.4) is 0 Å². The van der Waals surface area contributed by atoms with Crippen LogP contribution in [-0.2, 0) is 7.05 Å². The first-order valence-corrected chi connectivity index (χ1v) is 5.36. The lowest BCUT2D eigenvalue weighted by molar-refractivity contribution is 0.174. The first-order chi connectivity index (χ1) is 8.16. The number of nitrogens with zero attached hydrogens (tertiary/aromatic N) is 2. The van der Waals surface area contributed by atoms with Crippen LogP contribution in [0.5, 0.6) is 11.5 Å². The van der Waals surface area contributed by atoms with Crippen molar-refractivity contribution in [2.75, 3.05) is 12.5 Å². The Balaban J connectivity index is 2.15. The van der Waals surface area contributed by atoms with E-state index in [1.165, 1.54) is 0 Å². The van der Waals surface area contributed by atoms with Crippen LogP contribution in [0.25, 0.3) is 11.1 Å². The van der Waals surface area contributed by atoms with E-state index in [1.807, 2.05) is 32.2 Å². The molecule has 0 saturated carbocycles. The molecule has 0 fully saturated rings. The number of hydrogen-bond acceptors (Lipinski definition) is 4. The van der Waals surface area contributed by atoms with Crippen molar-refractivity contribution < 1.29 is 9.47 Å². The summed E-state index contributed by atoms with van der Waals surface area (Å²) in [5.74, 6) is 2.06. The van der Waals surface area contributed by atoms with Gasteiger partial charge < -0.3 is 15.2 Å². The summed E-state index contributed by atoms with van der Waals surface area (Å²) in [4.78, 5) is 0. The van der Waals surface area contributed by atoms with Gasteiger partial charge in [0.1, 0.15) is 0 Å². The summed E-state index contributed by atoms with van der Waals surface area (Å²) < 4.78 is 12.4. The highest BCUT2D eigenvalue weighted by atomic mass is 16.7. The van der Waals surface area contributed by atoms with Gasteiger partial charge in [-0.05, 0) is 24.6 Å². The van der Waals surface area contributed by atoms with Crippen molar-refractivity contribution in [3.63, 3.8) is 0 Å². The Morgan fingerprint density at radius 1 is 1.29 bits per heavy atom. The average molecular weight is 231 g/mol. The normalized spacial score (nSPS) is 13.1. The van der Waals surface area contributed by atoms with E-state index in [2.05, 4.69) is 5.10 Å². The van der Waals surface area contributed by atoms with Crippen molar-refractivity contribution >= 4 is 5.82 Å². The largest absolute Gasteiger partial charge is 0.454 e. The zero-order chi connectivity index (χ0) is 12.0. The monoisotopic (exact) mass is 231 g/mol. The Morgan fingerprint density at radius 3 is 2.76 bits per heavy atom. The summed E-state index contributed by atoms with van der Waals surface area (Å²) in [5, 5.41) is 4.20. The van der Waals surface area contributed by atoms with Gasteiger partial charge in [0, 0.05) is 18.3 Å². The summed E-state index contributed by atoms with van der Waals surface area (Å²) in [6.45, 7) is 2.27. The fourth-order valence-electron chi connectivity index (χ4n) is 2.04. The van der Waals surface area contributed by atoms with E-state index in [9.17, 15) is 0 Å². The topological polar surface area (TPSA) is 62.3 Å². The molecule has 0 atom stereocenters. The molecular weight excluding hydrogens is 218 g/mol. The molecule has 1 aromatic heterocycles. The van der Waals surface area contributed by atoms with Crippen LogP contribution in [-0.4, -0.2) is 16.6 Å². The average Bonchev–Trinajstić information content (AvgIpc) is 2.84. The van der Waals surface area contributed by atoms with Crippen molar-refractivity contribution in [2.45, 2.75) is 6.92 Å². The minimum atomic E-state index is 0.278. The highest BCUT2D eigenvalue weighted by Gasteiger charge is 2.17. The highest BCUT2D eigenvalue weighted by molar-refractivity contribution is 5.78. The van der Waals surface area contributed by atoms with E-state index in [4.69, 9.17) is 15.2 Å². The van der Waals surface area contributed by atoms with Crippen LogP contribution in [0, 0.1) is 6.92 Å². The number of aryl methyl sites for hydroxylation is 1. The van der Waals surface area contributed by atoms with Crippen molar-refractivity contribution in [1.29, 1.82) is 0 Å². The molecule has 0 saturated heterocycles. The molecule has 2 aromatic rings. The standard InChI is InChI=1S/C12H13N3O2/c1-7-11(12(13)14-15(7)2)8-3-4-9-10(5-8)17-6-16-9/h3-5H,6H2,1-2H3,(H2,13,14). The molecule has 0 unspecified atom stereocenters. The molecule has 3 rings (SSSR count). The van der Waals surface area contributed by atoms with Gasteiger partial charge in [-0.25, -0.2) is 0 Å². The van der Waals surface area contributed by atoms with Gasteiger partial charge in [-0.3, -0.25) is 4.68 Å². The van der Waals surface area contributed by atoms with Gasteiger partial charge in [0.25, 0.3) is 0 Å². The second-order valence-electron chi connectivity index (χ2n) is 4.04. The number of ether oxygens (including phenoxy) is 2. The van der Waals surface area contributed by atoms with Gasteiger partial charge in [-0.2, -0.15) is 5.10 Å². The van der Waals surface area contributed by atoms with Crippen LogP contribution in [0.4, 0.5) is 5.82 Å². The Labute approximate surface area is 98.8 Å². The van der Waals surface area contributed by atoms with E-state index in [1.54, 1.807) is 4.68 Å². The first kappa shape index (κ1) is 10.0. The van der Waals surface area contributed by atoms with Crippen LogP contribution in [0.1, 0.15) is 5.69 Å². The van der Waals surface area contributed by atoms with Gasteiger partial charge in [-0.15, -0.1) is 0 Å². The molecule has 5 nitrogen and oxygen atoms in total. The summed E-state index contributed by atoms with van der Waals surface area (Å²) >= 11 is 0. The molecule has 17 heavy (non-hydrogen) atoms. The Morgan fingerprint density at radius 2 is 2.06 bits per heavy atom.